The molecule has 1 aliphatic carbocycles. The van der Waals surface area contributed by atoms with Gasteiger partial charge in [-0.05, 0) is 44.0 Å². The van der Waals surface area contributed by atoms with E-state index in [4.69, 9.17) is 0 Å². The Balaban J connectivity index is 2.60. The molecule has 1 heteroatoms. The first-order valence-electron chi connectivity index (χ1n) is 7.45. The molecule has 0 spiro atoms. The van der Waals surface area contributed by atoms with Crippen molar-refractivity contribution in [3.05, 3.63) is 11.6 Å². The van der Waals surface area contributed by atoms with Crippen molar-refractivity contribution in [1.29, 1.82) is 0 Å². The van der Waals surface area contributed by atoms with Gasteiger partial charge in [-0.1, -0.05) is 38.3 Å². The highest BCUT2D eigenvalue weighted by atomic mass is 32.2. The maximum absolute atomic E-state index is 2.56. The van der Waals surface area contributed by atoms with Gasteiger partial charge in [0.05, 0.1) is 0 Å². The minimum absolute atomic E-state index is 0.629. The van der Waals surface area contributed by atoms with Gasteiger partial charge in [0.2, 0.25) is 0 Å². The normalized spacial score (nSPS) is 25.1. The number of hydrogen-bond acceptors (Lipinski definition) is 0. The maximum atomic E-state index is 2.56. The van der Waals surface area contributed by atoms with E-state index >= 15 is 0 Å². The summed E-state index contributed by atoms with van der Waals surface area (Å²) in [4.78, 5) is 0. The molecule has 0 N–H and O–H groups in total. The van der Waals surface area contributed by atoms with Crippen molar-refractivity contribution in [3.63, 3.8) is 0 Å². The van der Waals surface area contributed by atoms with E-state index in [0.29, 0.717) is 15.6 Å². The zero-order valence-electron chi connectivity index (χ0n) is 12.3. The molecule has 1 rings (SSSR count). The van der Waals surface area contributed by atoms with Crippen LogP contribution < -0.4 is 0 Å². The first-order valence-corrected chi connectivity index (χ1v) is 9.02. The second-order valence-electron chi connectivity index (χ2n) is 5.81. The van der Waals surface area contributed by atoms with Crippen LogP contribution in [0.1, 0.15) is 72.6 Å². The highest BCUT2D eigenvalue weighted by Crippen LogP contribution is 2.36. The lowest BCUT2D eigenvalue weighted by atomic mass is 9.91. The molecule has 1 unspecified atom stereocenters. The maximum Gasteiger partial charge on any atom is 0.129 e. The van der Waals surface area contributed by atoms with E-state index in [9.17, 15) is 0 Å². The van der Waals surface area contributed by atoms with Crippen molar-refractivity contribution >= 4 is 10.9 Å². The fraction of sp³-hybridized carbons (Fsp3) is 0.875. The summed E-state index contributed by atoms with van der Waals surface area (Å²) in [7, 11) is 0.664. The van der Waals surface area contributed by atoms with Crippen LogP contribution in [-0.4, -0.2) is 16.3 Å². The van der Waals surface area contributed by atoms with Crippen LogP contribution in [0, 0.1) is 0 Å². The summed E-state index contributed by atoms with van der Waals surface area (Å²) in [5.41, 5.74) is 1.62. The number of allylic oxidation sites excluding steroid dienone is 2. The summed E-state index contributed by atoms with van der Waals surface area (Å²) in [6, 6.07) is 0. The van der Waals surface area contributed by atoms with E-state index in [1.165, 1.54) is 56.5 Å². The van der Waals surface area contributed by atoms with Crippen molar-refractivity contribution in [2.75, 3.05) is 11.5 Å². The fourth-order valence-corrected chi connectivity index (χ4v) is 5.72. The lowest BCUT2D eigenvalue weighted by Crippen LogP contribution is -2.40. The zero-order chi connectivity index (χ0) is 12.7. The summed E-state index contributed by atoms with van der Waals surface area (Å²) in [6.45, 7) is 9.52. The highest BCUT2D eigenvalue weighted by molar-refractivity contribution is 7.98. The molecule has 0 bridgehead atoms. The number of unbranched alkanes of at least 4 members (excludes halogenated alkanes) is 2. The van der Waals surface area contributed by atoms with Crippen LogP contribution in [0.3, 0.4) is 0 Å². The minimum atomic E-state index is 0.629. The van der Waals surface area contributed by atoms with Gasteiger partial charge in [0.15, 0.2) is 0 Å². The zero-order valence-corrected chi connectivity index (χ0v) is 13.2. The summed E-state index contributed by atoms with van der Waals surface area (Å²) >= 11 is 0. The molecule has 0 amide bonds. The molecule has 0 saturated carbocycles. The molecular formula is C16H31S+. The predicted molar refractivity (Wildman–Crippen MR) is 82.9 cm³/mol. The van der Waals surface area contributed by atoms with E-state index in [1.807, 2.05) is 0 Å². The molecule has 0 heterocycles. The largest absolute Gasteiger partial charge is 0.129 e. The molecule has 0 aromatic heterocycles. The predicted octanol–water partition coefficient (Wildman–Crippen LogP) is 5.09. The average molecular weight is 255 g/mol. The molecule has 1 atom stereocenters. The van der Waals surface area contributed by atoms with Crippen molar-refractivity contribution in [2.24, 2.45) is 0 Å². The fourth-order valence-electron chi connectivity index (χ4n) is 2.55. The molecule has 100 valence electrons. The topological polar surface area (TPSA) is 0 Å². The first-order chi connectivity index (χ1) is 8.12. The quantitative estimate of drug-likeness (QED) is 0.439. The summed E-state index contributed by atoms with van der Waals surface area (Å²) < 4.78 is 0.629. The Bertz CT molecular complexity index is 236. The summed E-state index contributed by atoms with van der Waals surface area (Å²) in [6.07, 6.45) is 12.2. The van der Waals surface area contributed by atoms with E-state index in [1.54, 1.807) is 5.57 Å². The minimum Gasteiger partial charge on any atom is -0.0804 e. The van der Waals surface area contributed by atoms with Gasteiger partial charge in [-0.25, -0.2) is 0 Å². The van der Waals surface area contributed by atoms with E-state index in [0.717, 1.165) is 0 Å². The van der Waals surface area contributed by atoms with Crippen LogP contribution in [0.25, 0.3) is 0 Å². The van der Waals surface area contributed by atoms with Gasteiger partial charge in [0.1, 0.15) is 16.3 Å². The van der Waals surface area contributed by atoms with Crippen LogP contribution in [0.5, 0.6) is 0 Å². The van der Waals surface area contributed by atoms with Crippen molar-refractivity contribution < 1.29 is 0 Å². The van der Waals surface area contributed by atoms with E-state index < -0.39 is 0 Å². The van der Waals surface area contributed by atoms with Crippen molar-refractivity contribution in [1.82, 2.24) is 0 Å². The third-order valence-electron chi connectivity index (χ3n) is 4.12. The van der Waals surface area contributed by atoms with Crippen LogP contribution in [0.15, 0.2) is 11.6 Å². The highest BCUT2D eigenvalue weighted by Gasteiger charge is 2.42. The molecule has 0 aromatic carbocycles. The molecule has 17 heavy (non-hydrogen) atoms. The van der Waals surface area contributed by atoms with Crippen LogP contribution in [-0.2, 0) is 10.9 Å². The third-order valence-corrected chi connectivity index (χ3v) is 7.44. The van der Waals surface area contributed by atoms with Gasteiger partial charge in [0, 0.05) is 12.8 Å². The Labute approximate surface area is 112 Å². The molecular weight excluding hydrogens is 224 g/mol. The lowest BCUT2D eigenvalue weighted by Gasteiger charge is -2.32. The van der Waals surface area contributed by atoms with Gasteiger partial charge in [-0.15, -0.1) is 0 Å². The van der Waals surface area contributed by atoms with E-state index in [-0.39, 0.29) is 0 Å². The Morgan fingerprint density at radius 3 is 2.18 bits per heavy atom. The standard InChI is InChI=1S/C16H31S/c1-5-7-13-17(14-8-6-2)16(4)11-9-15(3)10-12-16/h9H,5-8,10-14H2,1-4H3/q+1. The number of hydrogen-bond donors (Lipinski definition) is 0. The SMILES string of the molecule is CCCC[S+](CCCC)C1(C)CC=C(C)CC1. The van der Waals surface area contributed by atoms with Gasteiger partial charge in [-0.3, -0.25) is 0 Å². The Morgan fingerprint density at radius 1 is 1.18 bits per heavy atom. The molecule has 0 radical (unpaired) electrons. The van der Waals surface area contributed by atoms with E-state index in [2.05, 4.69) is 33.8 Å². The molecule has 0 aliphatic heterocycles. The summed E-state index contributed by atoms with van der Waals surface area (Å²) in [5, 5.41) is 0. The third kappa shape index (κ3) is 4.69. The van der Waals surface area contributed by atoms with Gasteiger partial charge in [0.25, 0.3) is 0 Å². The molecule has 0 aromatic rings. The Morgan fingerprint density at radius 2 is 1.76 bits per heavy atom. The Kier molecular flexibility index (Phi) is 6.69. The average Bonchev–Trinajstić information content (AvgIpc) is 2.33. The molecule has 1 aliphatic rings. The van der Waals surface area contributed by atoms with Crippen LogP contribution in [0.4, 0.5) is 0 Å². The van der Waals surface area contributed by atoms with Crippen molar-refractivity contribution in [2.45, 2.75) is 77.4 Å². The van der Waals surface area contributed by atoms with Crippen molar-refractivity contribution in [3.8, 4) is 0 Å². The molecule has 0 nitrogen and oxygen atoms in total. The number of rotatable bonds is 7. The van der Waals surface area contributed by atoms with Gasteiger partial charge >= 0.3 is 0 Å². The summed E-state index contributed by atoms with van der Waals surface area (Å²) in [5.74, 6) is 2.97. The van der Waals surface area contributed by atoms with Gasteiger partial charge in [-0.2, -0.15) is 0 Å². The van der Waals surface area contributed by atoms with Crippen LogP contribution >= 0.6 is 0 Å². The smallest absolute Gasteiger partial charge is 0.0804 e. The van der Waals surface area contributed by atoms with Gasteiger partial charge < -0.3 is 0 Å². The first kappa shape index (κ1) is 15.1. The molecule has 0 saturated heterocycles. The Hall–Kier alpha value is 0.0900. The second-order valence-corrected chi connectivity index (χ2v) is 8.60. The monoisotopic (exact) mass is 255 g/mol. The second kappa shape index (κ2) is 7.51. The molecule has 0 fully saturated rings. The lowest BCUT2D eigenvalue weighted by molar-refractivity contribution is 0.554. The van der Waals surface area contributed by atoms with Crippen LogP contribution in [0.2, 0.25) is 0 Å².